The van der Waals surface area contributed by atoms with Crippen LogP contribution < -0.4 is 15.4 Å². The SMILES string of the molecule is COC(=O)c1cccc(Nc2ccc(C(=O)NCc3ccccc3OC)nn2)c1. The van der Waals surface area contributed by atoms with Crippen LogP contribution in [0.1, 0.15) is 26.4 Å². The largest absolute Gasteiger partial charge is 0.496 e. The van der Waals surface area contributed by atoms with Crippen molar-refractivity contribution >= 4 is 23.4 Å². The number of ether oxygens (including phenoxy) is 2. The standard InChI is InChI=1S/C21H20N4O4/c1-28-18-9-4-3-6-15(18)13-22-20(26)17-10-11-19(25-24-17)23-16-8-5-7-14(12-16)21(27)29-2/h3-12H,13H2,1-2H3,(H,22,26)(H,23,25). The second-order valence-corrected chi connectivity index (χ2v) is 6.00. The van der Waals surface area contributed by atoms with Gasteiger partial charge in [-0.1, -0.05) is 24.3 Å². The third-order valence-corrected chi connectivity index (χ3v) is 4.09. The summed E-state index contributed by atoms with van der Waals surface area (Å²) in [6, 6.07) is 17.4. The van der Waals surface area contributed by atoms with E-state index in [0.29, 0.717) is 29.4 Å². The van der Waals surface area contributed by atoms with E-state index in [1.54, 1.807) is 43.5 Å². The fourth-order valence-electron chi connectivity index (χ4n) is 2.62. The number of hydrogen-bond donors (Lipinski definition) is 2. The van der Waals surface area contributed by atoms with Gasteiger partial charge in [-0.2, -0.15) is 0 Å². The molecule has 0 aliphatic rings. The predicted molar refractivity (Wildman–Crippen MR) is 107 cm³/mol. The molecule has 1 amide bonds. The Morgan fingerprint density at radius 2 is 1.79 bits per heavy atom. The Morgan fingerprint density at radius 3 is 2.52 bits per heavy atom. The Labute approximate surface area is 167 Å². The normalized spacial score (nSPS) is 10.1. The lowest BCUT2D eigenvalue weighted by molar-refractivity contribution is 0.0600. The first-order valence-corrected chi connectivity index (χ1v) is 8.80. The summed E-state index contributed by atoms with van der Waals surface area (Å²) >= 11 is 0. The van der Waals surface area contributed by atoms with Crippen LogP contribution in [0.15, 0.2) is 60.7 Å². The minimum absolute atomic E-state index is 0.189. The number of anilines is 2. The number of para-hydroxylation sites is 1. The van der Waals surface area contributed by atoms with Crippen LogP contribution in [0.3, 0.4) is 0 Å². The predicted octanol–water partition coefficient (Wildman–Crippen LogP) is 2.95. The summed E-state index contributed by atoms with van der Waals surface area (Å²) < 4.78 is 9.98. The number of amides is 1. The highest BCUT2D eigenvalue weighted by atomic mass is 16.5. The van der Waals surface area contributed by atoms with Crippen molar-refractivity contribution in [1.29, 1.82) is 0 Å². The first-order chi connectivity index (χ1) is 14.1. The second-order valence-electron chi connectivity index (χ2n) is 6.00. The zero-order valence-corrected chi connectivity index (χ0v) is 16.0. The van der Waals surface area contributed by atoms with Gasteiger partial charge in [0.15, 0.2) is 11.5 Å². The molecule has 8 nitrogen and oxygen atoms in total. The first-order valence-electron chi connectivity index (χ1n) is 8.80. The van der Waals surface area contributed by atoms with E-state index in [4.69, 9.17) is 9.47 Å². The summed E-state index contributed by atoms with van der Waals surface area (Å²) in [5, 5.41) is 13.8. The van der Waals surface area contributed by atoms with Gasteiger partial charge in [0.2, 0.25) is 0 Å². The molecule has 0 saturated heterocycles. The number of benzene rings is 2. The van der Waals surface area contributed by atoms with Crippen LogP contribution in [0, 0.1) is 0 Å². The third kappa shape index (κ3) is 5.07. The summed E-state index contributed by atoms with van der Waals surface area (Å²) in [5.74, 6) is 0.366. The van der Waals surface area contributed by atoms with Gasteiger partial charge in [0, 0.05) is 17.8 Å². The van der Waals surface area contributed by atoms with Gasteiger partial charge in [0.05, 0.1) is 19.8 Å². The average molecular weight is 392 g/mol. The maximum absolute atomic E-state index is 12.3. The monoisotopic (exact) mass is 392 g/mol. The molecule has 0 radical (unpaired) electrons. The third-order valence-electron chi connectivity index (χ3n) is 4.09. The number of aromatic nitrogens is 2. The molecule has 1 aromatic heterocycles. The van der Waals surface area contributed by atoms with Crippen molar-refractivity contribution in [2.75, 3.05) is 19.5 Å². The van der Waals surface area contributed by atoms with Gasteiger partial charge >= 0.3 is 5.97 Å². The van der Waals surface area contributed by atoms with Crippen molar-refractivity contribution in [2.24, 2.45) is 0 Å². The lowest BCUT2D eigenvalue weighted by Crippen LogP contribution is -2.24. The van der Waals surface area contributed by atoms with Gasteiger partial charge in [0.1, 0.15) is 5.75 Å². The zero-order chi connectivity index (χ0) is 20.6. The van der Waals surface area contributed by atoms with Crippen molar-refractivity contribution in [3.8, 4) is 5.75 Å². The second kappa shape index (κ2) is 9.32. The van der Waals surface area contributed by atoms with Crippen molar-refractivity contribution in [1.82, 2.24) is 15.5 Å². The molecule has 0 unspecified atom stereocenters. The minimum atomic E-state index is -0.429. The quantitative estimate of drug-likeness (QED) is 0.596. The van der Waals surface area contributed by atoms with Crippen LogP contribution >= 0.6 is 0 Å². The molecule has 0 bridgehead atoms. The van der Waals surface area contributed by atoms with Crippen LogP contribution in [0.4, 0.5) is 11.5 Å². The van der Waals surface area contributed by atoms with Crippen LogP contribution in [0.25, 0.3) is 0 Å². The Kier molecular flexibility index (Phi) is 6.36. The molecule has 8 heteroatoms. The Bertz CT molecular complexity index is 1010. The molecule has 0 spiro atoms. The van der Waals surface area contributed by atoms with Gasteiger partial charge in [0.25, 0.3) is 5.91 Å². The van der Waals surface area contributed by atoms with E-state index in [-0.39, 0.29) is 11.6 Å². The Morgan fingerprint density at radius 1 is 0.966 bits per heavy atom. The molecule has 3 rings (SSSR count). The maximum atomic E-state index is 12.3. The van der Waals surface area contributed by atoms with Crippen molar-refractivity contribution in [3.63, 3.8) is 0 Å². The number of rotatable bonds is 7. The molecular weight excluding hydrogens is 372 g/mol. The van der Waals surface area contributed by atoms with E-state index in [2.05, 4.69) is 20.8 Å². The van der Waals surface area contributed by atoms with Gasteiger partial charge in [-0.3, -0.25) is 4.79 Å². The molecule has 1 heterocycles. The number of carbonyl (C=O) groups is 2. The smallest absolute Gasteiger partial charge is 0.337 e. The van der Waals surface area contributed by atoms with Crippen molar-refractivity contribution in [3.05, 3.63) is 77.5 Å². The molecule has 3 aromatic rings. The lowest BCUT2D eigenvalue weighted by atomic mass is 10.2. The topological polar surface area (TPSA) is 102 Å². The molecule has 2 aromatic carbocycles. The highest BCUT2D eigenvalue weighted by molar-refractivity contribution is 5.92. The molecule has 0 aliphatic heterocycles. The number of esters is 1. The molecule has 148 valence electrons. The number of hydrogen-bond acceptors (Lipinski definition) is 7. The highest BCUT2D eigenvalue weighted by Crippen LogP contribution is 2.18. The summed E-state index contributed by atoms with van der Waals surface area (Å²) in [5.41, 5.74) is 2.11. The summed E-state index contributed by atoms with van der Waals surface area (Å²) in [6.07, 6.45) is 0. The van der Waals surface area contributed by atoms with E-state index >= 15 is 0 Å². The van der Waals surface area contributed by atoms with E-state index in [1.165, 1.54) is 7.11 Å². The minimum Gasteiger partial charge on any atom is -0.496 e. The van der Waals surface area contributed by atoms with Gasteiger partial charge in [-0.25, -0.2) is 4.79 Å². The van der Waals surface area contributed by atoms with E-state index in [1.807, 2.05) is 24.3 Å². The summed E-state index contributed by atoms with van der Waals surface area (Å²) in [6.45, 7) is 0.310. The molecule has 2 N–H and O–H groups in total. The van der Waals surface area contributed by atoms with E-state index in [9.17, 15) is 9.59 Å². The van der Waals surface area contributed by atoms with Crippen LogP contribution in [-0.4, -0.2) is 36.3 Å². The van der Waals surface area contributed by atoms with Crippen LogP contribution in [0.5, 0.6) is 5.75 Å². The number of nitrogens with one attached hydrogen (secondary N) is 2. The maximum Gasteiger partial charge on any atom is 0.337 e. The molecule has 0 saturated carbocycles. The molecule has 29 heavy (non-hydrogen) atoms. The molecule has 0 aliphatic carbocycles. The zero-order valence-electron chi connectivity index (χ0n) is 16.0. The van der Waals surface area contributed by atoms with Crippen LogP contribution in [0.2, 0.25) is 0 Å². The van der Waals surface area contributed by atoms with E-state index in [0.717, 1.165) is 5.56 Å². The number of methoxy groups -OCH3 is 2. The Hall–Kier alpha value is -3.94. The van der Waals surface area contributed by atoms with Gasteiger partial charge < -0.3 is 20.1 Å². The lowest BCUT2D eigenvalue weighted by Gasteiger charge is -2.09. The molecule has 0 atom stereocenters. The fraction of sp³-hybridized carbons (Fsp3) is 0.143. The van der Waals surface area contributed by atoms with Crippen molar-refractivity contribution in [2.45, 2.75) is 6.54 Å². The van der Waals surface area contributed by atoms with Gasteiger partial charge in [-0.05, 0) is 36.4 Å². The highest BCUT2D eigenvalue weighted by Gasteiger charge is 2.10. The summed E-state index contributed by atoms with van der Waals surface area (Å²) in [4.78, 5) is 23.9. The van der Waals surface area contributed by atoms with E-state index < -0.39 is 5.97 Å². The summed E-state index contributed by atoms with van der Waals surface area (Å²) in [7, 11) is 2.91. The Balaban J connectivity index is 1.62. The van der Waals surface area contributed by atoms with Gasteiger partial charge in [-0.15, -0.1) is 10.2 Å². The van der Waals surface area contributed by atoms with Crippen LogP contribution in [-0.2, 0) is 11.3 Å². The molecule has 0 fully saturated rings. The average Bonchev–Trinajstić information content (AvgIpc) is 2.77. The first kappa shape index (κ1) is 19.8. The number of carbonyl (C=O) groups excluding carboxylic acids is 2. The fourth-order valence-corrected chi connectivity index (χ4v) is 2.62. The molecular formula is C21H20N4O4. The van der Waals surface area contributed by atoms with Crippen molar-refractivity contribution < 1.29 is 19.1 Å². The number of nitrogens with zero attached hydrogens (tertiary/aromatic N) is 2.